The third-order valence-corrected chi connectivity index (χ3v) is 4.89. The van der Waals surface area contributed by atoms with Gasteiger partial charge in [-0.15, -0.1) is 0 Å². The number of aromatic hydroxyl groups is 1. The van der Waals surface area contributed by atoms with Crippen LogP contribution >= 0.6 is 7.60 Å². The van der Waals surface area contributed by atoms with Gasteiger partial charge < -0.3 is 19.1 Å². The van der Waals surface area contributed by atoms with E-state index in [0.717, 1.165) is 11.1 Å². The molecule has 0 aliphatic rings. The normalized spacial score (nSPS) is 15.0. The van der Waals surface area contributed by atoms with Crippen LogP contribution in [-0.2, 0) is 43.1 Å². The first-order valence-corrected chi connectivity index (χ1v) is 9.32. The molecule has 23 heavy (non-hydrogen) atoms. The topological polar surface area (TPSA) is 69.6 Å². The van der Waals surface area contributed by atoms with Gasteiger partial charge in [0.25, 0.3) is 0 Å². The number of phenolic OH excluding ortho intramolecular Hbond substituents is 1. The van der Waals surface area contributed by atoms with Crippen LogP contribution in [0.15, 0.2) is 12.1 Å². The smallest absolute Gasteiger partial charge is 0.139 e. The number of hydrogen-bond donors (Lipinski definition) is 1. The molecule has 1 unspecified atom stereocenters. The minimum atomic E-state index is -3.91. The average molecular weight is 382 g/mol. The fourth-order valence-electron chi connectivity index (χ4n) is 2.39. The number of rotatable bonds is 4. The standard InChI is InChI=1S/C17H29O4P.Mn/c1-8-21-22(19,20)11-12-9-13(16(2,3)4)15(18)14(10-12)17(5,6)7;/h9-10,18H,8,11H2,1-7H3,(H,19,20);/p-1. The monoisotopic (exact) mass is 382 g/mol. The molecule has 0 saturated heterocycles. The molecule has 1 aromatic rings. The van der Waals surface area contributed by atoms with E-state index in [1.807, 2.05) is 41.5 Å². The fourth-order valence-corrected chi connectivity index (χ4v) is 3.51. The predicted octanol–water partition coefficient (Wildman–Crippen LogP) is 4.07. The molecule has 0 aliphatic heterocycles. The minimum absolute atomic E-state index is 0. The van der Waals surface area contributed by atoms with Crippen molar-refractivity contribution >= 4 is 7.60 Å². The first kappa shape index (κ1) is 22.7. The number of benzene rings is 1. The van der Waals surface area contributed by atoms with Gasteiger partial charge >= 0.3 is 0 Å². The van der Waals surface area contributed by atoms with Crippen LogP contribution in [0.1, 0.15) is 65.2 Å². The average Bonchev–Trinajstić information content (AvgIpc) is 2.27. The third kappa shape index (κ3) is 6.25. The van der Waals surface area contributed by atoms with Crippen molar-refractivity contribution in [1.82, 2.24) is 0 Å². The molecule has 0 aliphatic carbocycles. The Kier molecular flexibility index (Phi) is 7.61. The van der Waals surface area contributed by atoms with Crippen molar-refractivity contribution in [2.45, 2.75) is 65.5 Å². The van der Waals surface area contributed by atoms with Gasteiger partial charge in [0, 0.05) is 23.2 Å². The molecule has 1 N–H and O–H groups in total. The van der Waals surface area contributed by atoms with Crippen molar-refractivity contribution in [2.75, 3.05) is 6.61 Å². The maximum atomic E-state index is 11.9. The van der Waals surface area contributed by atoms with Gasteiger partial charge in [0.15, 0.2) is 0 Å². The Bertz CT molecular complexity index is 550. The van der Waals surface area contributed by atoms with Crippen molar-refractivity contribution < 1.29 is 36.2 Å². The van der Waals surface area contributed by atoms with Crippen molar-refractivity contribution in [1.29, 1.82) is 0 Å². The second-order valence-electron chi connectivity index (χ2n) is 7.73. The summed E-state index contributed by atoms with van der Waals surface area (Å²) in [5, 5.41) is 10.6. The van der Waals surface area contributed by atoms with Gasteiger partial charge in [0.2, 0.25) is 0 Å². The van der Waals surface area contributed by atoms with Crippen LogP contribution in [0, 0.1) is 0 Å². The number of hydrogen-bond acceptors (Lipinski definition) is 4. The summed E-state index contributed by atoms with van der Waals surface area (Å²) in [5.41, 5.74) is 1.61. The molecular formula is C17H28MnO4P-. The molecule has 1 atom stereocenters. The zero-order valence-electron chi connectivity index (χ0n) is 15.1. The fraction of sp³-hybridized carbons (Fsp3) is 0.647. The van der Waals surface area contributed by atoms with Crippen LogP contribution in [0.2, 0.25) is 0 Å². The van der Waals surface area contributed by atoms with Crippen LogP contribution in [0.5, 0.6) is 5.75 Å². The molecule has 4 nitrogen and oxygen atoms in total. The molecular weight excluding hydrogens is 354 g/mol. The van der Waals surface area contributed by atoms with E-state index in [9.17, 15) is 14.6 Å². The summed E-state index contributed by atoms with van der Waals surface area (Å²) in [6, 6.07) is 3.54. The van der Waals surface area contributed by atoms with E-state index in [2.05, 4.69) is 0 Å². The quantitative estimate of drug-likeness (QED) is 0.630. The van der Waals surface area contributed by atoms with Gasteiger partial charge in [-0.2, -0.15) is 0 Å². The minimum Gasteiger partial charge on any atom is -0.778 e. The molecule has 133 valence electrons. The summed E-state index contributed by atoms with van der Waals surface area (Å²) in [4.78, 5) is 11.9. The van der Waals surface area contributed by atoms with E-state index in [4.69, 9.17) is 4.52 Å². The SMILES string of the molecule is CCOP(=O)([O-])Cc1cc(C(C)(C)C)c(O)c(C(C)(C)C)c1.[Mn]. The second-order valence-corrected chi connectivity index (χ2v) is 9.52. The van der Waals surface area contributed by atoms with Gasteiger partial charge in [0.1, 0.15) is 13.3 Å². The van der Waals surface area contributed by atoms with Crippen LogP contribution in [0.3, 0.4) is 0 Å². The Labute approximate surface area is 150 Å². The maximum absolute atomic E-state index is 11.9. The van der Waals surface area contributed by atoms with E-state index in [1.54, 1.807) is 19.1 Å². The van der Waals surface area contributed by atoms with E-state index in [1.165, 1.54) is 0 Å². The van der Waals surface area contributed by atoms with Crippen LogP contribution in [-0.4, -0.2) is 11.7 Å². The molecule has 0 bridgehead atoms. The number of phenols is 1. The van der Waals surface area contributed by atoms with Crippen molar-refractivity contribution in [3.63, 3.8) is 0 Å². The van der Waals surface area contributed by atoms with Crippen LogP contribution in [0.4, 0.5) is 0 Å². The van der Waals surface area contributed by atoms with Gasteiger partial charge in [-0.25, -0.2) is 0 Å². The van der Waals surface area contributed by atoms with Crippen molar-refractivity contribution in [2.24, 2.45) is 0 Å². The molecule has 0 spiro atoms. The summed E-state index contributed by atoms with van der Waals surface area (Å²) >= 11 is 0. The molecule has 0 fully saturated rings. The first-order valence-electron chi connectivity index (χ1n) is 7.59. The van der Waals surface area contributed by atoms with Gasteiger partial charge in [0.05, 0.1) is 6.61 Å². The van der Waals surface area contributed by atoms with Crippen molar-refractivity contribution in [3.05, 3.63) is 28.8 Å². The Morgan fingerprint density at radius 3 is 1.78 bits per heavy atom. The largest absolute Gasteiger partial charge is 0.778 e. The summed E-state index contributed by atoms with van der Waals surface area (Å²) < 4.78 is 16.8. The summed E-state index contributed by atoms with van der Waals surface area (Å²) in [5.74, 6) is 0.251. The Morgan fingerprint density at radius 2 is 1.48 bits per heavy atom. The van der Waals surface area contributed by atoms with Crippen LogP contribution in [0.25, 0.3) is 0 Å². The van der Waals surface area contributed by atoms with Gasteiger partial charge in [-0.1, -0.05) is 53.7 Å². The molecule has 1 aromatic carbocycles. The Morgan fingerprint density at radius 1 is 1.09 bits per heavy atom. The second kappa shape index (κ2) is 7.72. The summed E-state index contributed by atoms with van der Waals surface area (Å²) in [7, 11) is -3.91. The maximum Gasteiger partial charge on any atom is 0.139 e. The summed E-state index contributed by atoms with van der Waals surface area (Å²) in [6.07, 6.45) is -0.159. The van der Waals surface area contributed by atoms with Crippen molar-refractivity contribution in [3.8, 4) is 5.75 Å². The van der Waals surface area contributed by atoms with E-state index < -0.39 is 7.60 Å². The van der Waals surface area contributed by atoms with Gasteiger partial charge in [-0.3, -0.25) is 0 Å². The summed E-state index contributed by atoms with van der Waals surface area (Å²) in [6.45, 7) is 13.8. The third-order valence-electron chi connectivity index (χ3n) is 3.49. The Hall–Kier alpha value is -0.311. The van der Waals surface area contributed by atoms with Gasteiger partial charge in [-0.05, 0) is 34.4 Å². The zero-order chi connectivity index (χ0) is 17.3. The molecule has 1 radical (unpaired) electrons. The molecule has 0 amide bonds. The molecule has 0 aromatic heterocycles. The van der Waals surface area contributed by atoms with E-state index in [-0.39, 0.29) is 46.4 Å². The molecule has 0 saturated carbocycles. The molecule has 0 heterocycles. The zero-order valence-corrected chi connectivity index (χ0v) is 17.1. The predicted molar refractivity (Wildman–Crippen MR) is 88.4 cm³/mol. The molecule has 1 rings (SSSR count). The van der Waals surface area contributed by atoms with Crippen LogP contribution < -0.4 is 4.89 Å². The van der Waals surface area contributed by atoms with E-state index >= 15 is 0 Å². The first-order chi connectivity index (χ1) is 9.78. The Balaban J connectivity index is 0.00000484. The van der Waals surface area contributed by atoms with E-state index in [0.29, 0.717) is 5.56 Å². The molecule has 6 heteroatoms.